The van der Waals surface area contributed by atoms with E-state index in [0.717, 1.165) is 0 Å². The molecule has 2 aromatic carbocycles. The SMILES string of the molecule is COC(=O)c1ccccc1NC(=O)CO/N=C\c1ccc(OC(F)F)c(OC)c1. The van der Waals surface area contributed by atoms with Crippen LogP contribution >= 0.6 is 0 Å². The maximum Gasteiger partial charge on any atom is 0.387 e. The smallest absolute Gasteiger partial charge is 0.387 e. The summed E-state index contributed by atoms with van der Waals surface area (Å²) in [4.78, 5) is 28.6. The van der Waals surface area contributed by atoms with Gasteiger partial charge in [-0.3, -0.25) is 4.79 Å². The van der Waals surface area contributed by atoms with Crippen molar-refractivity contribution in [1.82, 2.24) is 0 Å². The van der Waals surface area contributed by atoms with Gasteiger partial charge < -0.3 is 24.4 Å². The Kier molecular flexibility index (Phi) is 7.89. The predicted molar refractivity (Wildman–Crippen MR) is 99.6 cm³/mol. The van der Waals surface area contributed by atoms with Gasteiger partial charge in [-0.2, -0.15) is 8.78 Å². The molecule has 0 aliphatic carbocycles. The number of benzene rings is 2. The maximum absolute atomic E-state index is 12.3. The first kappa shape index (κ1) is 21.6. The summed E-state index contributed by atoms with van der Waals surface area (Å²) in [6, 6.07) is 10.5. The number of esters is 1. The van der Waals surface area contributed by atoms with Gasteiger partial charge in [0.25, 0.3) is 5.91 Å². The summed E-state index contributed by atoms with van der Waals surface area (Å²) in [5.41, 5.74) is 0.946. The molecule has 0 saturated heterocycles. The molecule has 0 spiro atoms. The minimum Gasteiger partial charge on any atom is -0.493 e. The zero-order valence-electron chi connectivity index (χ0n) is 15.6. The van der Waals surface area contributed by atoms with Crippen LogP contribution in [-0.2, 0) is 14.4 Å². The number of nitrogens with zero attached hydrogens (tertiary/aromatic N) is 1. The van der Waals surface area contributed by atoms with Gasteiger partial charge in [0, 0.05) is 5.56 Å². The van der Waals surface area contributed by atoms with Gasteiger partial charge in [0.05, 0.1) is 31.7 Å². The van der Waals surface area contributed by atoms with Crippen LogP contribution in [0.25, 0.3) is 0 Å². The second kappa shape index (κ2) is 10.6. The number of anilines is 1. The van der Waals surface area contributed by atoms with Crippen molar-refractivity contribution in [2.24, 2.45) is 5.16 Å². The molecule has 0 saturated carbocycles. The van der Waals surface area contributed by atoms with E-state index in [2.05, 4.69) is 19.9 Å². The monoisotopic (exact) mass is 408 g/mol. The molecule has 0 unspecified atom stereocenters. The van der Waals surface area contributed by atoms with Gasteiger partial charge in [0.1, 0.15) is 0 Å². The Morgan fingerprint density at radius 3 is 2.59 bits per heavy atom. The number of alkyl halides is 2. The number of hydrogen-bond donors (Lipinski definition) is 1. The standard InChI is InChI=1S/C19H18F2N2O6/c1-26-16-9-12(7-8-15(16)29-19(20)21)10-22-28-11-17(24)23-14-6-4-3-5-13(14)18(25)27-2/h3-10,19H,11H2,1-2H3,(H,23,24)/b22-10-. The van der Waals surface area contributed by atoms with Gasteiger partial charge in [-0.25, -0.2) is 4.79 Å². The second-order valence-corrected chi connectivity index (χ2v) is 5.38. The number of para-hydroxylation sites is 1. The van der Waals surface area contributed by atoms with Gasteiger partial charge in [-0.15, -0.1) is 0 Å². The lowest BCUT2D eigenvalue weighted by atomic mass is 10.2. The van der Waals surface area contributed by atoms with Crippen molar-refractivity contribution in [3.8, 4) is 11.5 Å². The van der Waals surface area contributed by atoms with Crippen molar-refractivity contribution in [2.45, 2.75) is 6.61 Å². The van der Waals surface area contributed by atoms with Crippen molar-refractivity contribution >= 4 is 23.8 Å². The molecule has 2 rings (SSSR count). The molecular formula is C19H18F2N2O6. The van der Waals surface area contributed by atoms with Crippen molar-refractivity contribution in [2.75, 3.05) is 26.1 Å². The summed E-state index contributed by atoms with van der Waals surface area (Å²) < 4.78 is 38.6. The highest BCUT2D eigenvalue weighted by molar-refractivity contribution is 6.01. The molecule has 1 N–H and O–H groups in total. The van der Waals surface area contributed by atoms with Crippen LogP contribution in [0.2, 0.25) is 0 Å². The summed E-state index contributed by atoms with van der Waals surface area (Å²) >= 11 is 0. The lowest BCUT2D eigenvalue weighted by Gasteiger charge is -2.10. The largest absolute Gasteiger partial charge is 0.493 e. The Morgan fingerprint density at radius 2 is 1.90 bits per heavy atom. The third-order valence-electron chi connectivity index (χ3n) is 3.48. The van der Waals surface area contributed by atoms with Crippen LogP contribution in [0, 0.1) is 0 Å². The minimum absolute atomic E-state index is 0.0893. The number of carbonyl (C=O) groups excluding carboxylic acids is 2. The Labute approximate surface area is 165 Å². The van der Waals surface area contributed by atoms with Gasteiger partial charge in [-0.1, -0.05) is 17.3 Å². The number of halogens is 2. The average molecular weight is 408 g/mol. The van der Waals surface area contributed by atoms with E-state index in [1.54, 1.807) is 18.2 Å². The molecule has 0 aliphatic heterocycles. The summed E-state index contributed by atoms with van der Waals surface area (Å²) in [5, 5.41) is 6.16. The zero-order chi connectivity index (χ0) is 21.2. The molecule has 10 heteroatoms. The van der Waals surface area contributed by atoms with E-state index in [9.17, 15) is 18.4 Å². The highest BCUT2D eigenvalue weighted by Gasteiger charge is 2.13. The molecule has 29 heavy (non-hydrogen) atoms. The molecule has 0 radical (unpaired) electrons. The summed E-state index contributed by atoms with van der Waals surface area (Å²) in [6.07, 6.45) is 1.27. The third kappa shape index (κ3) is 6.45. The molecule has 0 heterocycles. The number of rotatable bonds is 9. The van der Waals surface area contributed by atoms with Crippen molar-refractivity contribution < 1.29 is 37.4 Å². The maximum atomic E-state index is 12.3. The predicted octanol–water partition coefficient (Wildman–Crippen LogP) is 3.07. The van der Waals surface area contributed by atoms with Gasteiger partial charge in [-0.05, 0) is 30.3 Å². The average Bonchev–Trinajstić information content (AvgIpc) is 2.71. The Balaban J connectivity index is 1.92. The van der Waals surface area contributed by atoms with Crippen LogP contribution in [0.3, 0.4) is 0 Å². The van der Waals surface area contributed by atoms with E-state index < -0.39 is 25.1 Å². The van der Waals surface area contributed by atoms with Gasteiger partial charge >= 0.3 is 12.6 Å². The molecule has 0 aromatic heterocycles. The number of ether oxygens (including phenoxy) is 3. The lowest BCUT2D eigenvalue weighted by Crippen LogP contribution is -2.19. The molecule has 1 amide bonds. The summed E-state index contributed by atoms with van der Waals surface area (Å²) in [5.74, 6) is -1.17. The summed E-state index contributed by atoms with van der Waals surface area (Å²) in [6.45, 7) is -3.40. The van der Waals surface area contributed by atoms with E-state index in [4.69, 9.17) is 9.57 Å². The molecule has 0 fully saturated rings. The van der Waals surface area contributed by atoms with Crippen LogP contribution < -0.4 is 14.8 Å². The number of carbonyl (C=O) groups is 2. The second-order valence-electron chi connectivity index (χ2n) is 5.38. The fourth-order valence-electron chi connectivity index (χ4n) is 2.22. The molecular weight excluding hydrogens is 390 g/mol. The van der Waals surface area contributed by atoms with Gasteiger partial charge in [0.15, 0.2) is 18.1 Å². The molecule has 0 aliphatic rings. The fourth-order valence-corrected chi connectivity index (χ4v) is 2.22. The van der Waals surface area contributed by atoms with Crippen molar-refractivity contribution in [1.29, 1.82) is 0 Å². The highest BCUT2D eigenvalue weighted by atomic mass is 19.3. The van der Waals surface area contributed by atoms with E-state index in [1.165, 1.54) is 44.7 Å². The number of nitrogens with one attached hydrogen (secondary N) is 1. The zero-order valence-corrected chi connectivity index (χ0v) is 15.6. The molecule has 2 aromatic rings. The first-order valence-corrected chi connectivity index (χ1v) is 8.20. The van der Waals surface area contributed by atoms with E-state index in [1.807, 2.05) is 0 Å². The number of amides is 1. The van der Waals surface area contributed by atoms with Crippen molar-refractivity contribution in [3.05, 3.63) is 53.6 Å². The number of methoxy groups -OCH3 is 2. The third-order valence-corrected chi connectivity index (χ3v) is 3.48. The molecule has 0 bridgehead atoms. The van der Waals surface area contributed by atoms with Crippen LogP contribution in [-0.4, -0.2) is 45.5 Å². The van der Waals surface area contributed by atoms with E-state index in [0.29, 0.717) is 5.56 Å². The normalized spacial score (nSPS) is 10.7. The number of hydrogen-bond acceptors (Lipinski definition) is 7. The van der Waals surface area contributed by atoms with E-state index in [-0.39, 0.29) is 22.7 Å². The highest BCUT2D eigenvalue weighted by Crippen LogP contribution is 2.28. The first-order chi connectivity index (χ1) is 13.9. The minimum atomic E-state index is -2.98. The Hall–Kier alpha value is -3.69. The first-order valence-electron chi connectivity index (χ1n) is 8.20. The lowest BCUT2D eigenvalue weighted by molar-refractivity contribution is -0.120. The topological polar surface area (TPSA) is 95.5 Å². The van der Waals surface area contributed by atoms with Gasteiger partial charge in [0.2, 0.25) is 0 Å². The molecule has 154 valence electrons. The summed E-state index contributed by atoms with van der Waals surface area (Å²) in [7, 11) is 2.54. The molecule has 0 atom stereocenters. The van der Waals surface area contributed by atoms with Crippen molar-refractivity contribution in [3.63, 3.8) is 0 Å². The Morgan fingerprint density at radius 1 is 1.14 bits per heavy atom. The van der Waals surface area contributed by atoms with Crippen LogP contribution in [0.5, 0.6) is 11.5 Å². The molecule has 8 nitrogen and oxygen atoms in total. The number of oxime groups is 1. The van der Waals surface area contributed by atoms with Crippen LogP contribution in [0.15, 0.2) is 47.6 Å². The van der Waals surface area contributed by atoms with Crippen LogP contribution in [0.1, 0.15) is 15.9 Å². The van der Waals surface area contributed by atoms with Crippen LogP contribution in [0.4, 0.5) is 14.5 Å². The van der Waals surface area contributed by atoms with E-state index >= 15 is 0 Å². The quantitative estimate of drug-likeness (QED) is 0.389. The Bertz CT molecular complexity index is 889. The fraction of sp³-hybridized carbons (Fsp3) is 0.211.